The molecule has 0 aromatic heterocycles. The van der Waals surface area contributed by atoms with Crippen LogP contribution in [0.3, 0.4) is 0 Å². The van der Waals surface area contributed by atoms with Crippen LogP contribution in [0.25, 0.3) is 0 Å². The van der Waals surface area contributed by atoms with Gasteiger partial charge in [0.15, 0.2) is 0 Å². The second kappa shape index (κ2) is 7.76. The zero-order valence-corrected chi connectivity index (χ0v) is 18.5. The maximum absolute atomic E-state index is 13.2. The summed E-state index contributed by atoms with van der Waals surface area (Å²) in [5.74, 6) is 5.94. The molecule has 1 unspecified atom stereocenters. The van der Waals surface area contributed by atoms with E-state index in [0.29, 0.717) is 27.7 Å². The number of ketones is 2. The summed E-state index contributed by atoms with van der Waals surface area (Å²) in [5.41, 5.74) is 7.01. The number of hydrogen-bond donors (Lipinski definition) is 2. The molecule has 0 saturated heterocycles. The Morgan fingerprint density at radius 1 is 1.07 bits per heavy atom. The third kappa shape index (κ3) is 3.56. The van der Waals surface area contributed by atoms with E-state index in [1.165, 1.54) is 9.47 Å². The second-order valence-electron chi connectivity index (χ2n) is 7.81. The van der Waals surface area contributed by atoms with Gasteiger partial charge in [0.1, 0.15) is 0 Å². The molecule has 4 rings (SSSR count). The molecule has 1 aliphatic heterocycles. The van der Waals surface area contributed by atoms with Gasteiger partial charge in [-0.1, -0.05) is 0 Å². The van der Waals surface area contributed by atoms with Crippen LogP contribution in [0.5, 0.6) is 0 Å². The van der Waals surface area contributed by atoms with Crippen LogP contribution in [0.2, 0.25) is 5.32 Å². The van der Waals surface area contributed by atoms with Crippen LogP contribution < -0.4 is 16.0 Å². The summed E-state index contributed by atoms with van der Waals surface area (Å²) < 4.78 is 7.20. The molecule has 154 valence electrons. The average Bonchev–Trinajstić information content (AvgIpc) is 3.03. The van der Waals surface area contributed by atoms with E-state index in [-0.39, 0.29) is 32.3 Å². The van der Waals surface area contributed by atoms with Crippen molar-refractivity contribution in [2.24, 2.45) is 11.6 Å². The molecule has 30 heavy (non-hydrogen) atoms. The number of carbonyl (C=O) groups excluding carboxylic acids is 2. The van der Waals surface area contributed by atoms with Gasteiger partial charge in [-0.2, -0.15) is 0 Å². The van der Waals surface area contributed by atoms with Crippen molar-refractivity contribution in [2.75, 3.05) is 0 Å². The fraction of sp³-hybridized carbons (Fsp3) is 0.217. The fourth-order valence-electron chi connectivity index (χ4n) is 3.88. The molecule has 4 N–H and O–H groups in total. The van der Waals surface area contributed by atoms with Gasteiger partial charge in [0, 0.05) is 0 Å². The molecule has 0 fully saturated rings. The van der Waals surface area contributed by atoms with Crippen molar-refractivity contribution in [3.05, 3.63) is 89.0 Å². The molecule has 2 aromatic rings. The molecule has 1 heterocycles. The molecule has 6 nitrogen and oxygen atoms in total. The first-order chi connectivity index (χ1) is 14.3. The summed E-state index contributed by atoms with van der Waals surface area (Å²) >= 11 is 0.171. The van der Waals surface area contributed by atoms with E-state index in [1.807, 2.05) is 32.0 Å². The number of hydrazine groups is 1. The van der Waals surface area contributed by atoms with Crippen molar-refractivity contribution in [2.45, 2.75) is 30.8 Å². The molecule has 1 aliphatic carbocycles. The third-order valence-electron chi connectivity index (χ3n) is 5.17. The van der Waals surface area contributed by atoms with Crippen molar-refractivity contribution in [1.82, 2.24) is 5.01 Å². The number of fused-ring (bicyclic) bond motifs is 1. The summed E-state index contributed by atoms with van der Waals surface area (Å²) in [6.45, 7) is 3.64. The van der Waals surface area contributed by atoms with Crippen LogP contribution in [-0.2, 0) is 4.74 Å². The molecular formula is C23H23N3O3Se. The fourth-order valence-corrected chi connectivity index (χ4v) is 5.47. The zero-order chi connectivity index (χ0) is 21.5. The first-order valence-corrected chi connectivity index (χ1v) is 11.6. The number of Topliss-reactive ketones (excluding diaryl/α,β-unsaturated/α-hetero) is 2. The summed E-state index contributed by atoms with van der Waals surface area (Å²) in [6, 6.07) is 16.3. The minimum absolute atomic E-state index is 0.0876. The van der Waals surface area contributed by atoms with Crippen LogP contribution in [-0.4, -0.2) is 43.2 Å². The Kier molecular flexibility index (Phi) is 5.28. The first kappa shape index (κ1) is 20.4. The first-order valence-electron chi connectivity index (χ1n) is 9.58. The predicted molar refractivity (Wildman–Crippen MR) is 116 cm³/mol. The van der Waals surface area contributed by atoms with Gasteiger partial charge in [0.2, 0.25) is 0 Å². The van der Waals surface area contributed by atoms with Crippen LogP contribution in [0.4, 0.5) is 0 Å². The van der Waals surface area contributed by atoms with E-state index in [4.69, 9.17) is 16.3 Å². The molecule has 2 aliphatic rings. The number of allylic oxidation sites excluding steroid dienone is 2. The number of ether oxygens (including phenoxy) is 1. The summed E-state index contributed by atoms with van der Waals surface area (Å²) in [4.78, 5) is 26.2. The van der Waals surface area contributed by atoms with Crippen molar-refractivity contribution in [3.63, 3.8) is 0 Å². The standard InChI is InChI=1S/C23H23N3O3Se/c1-23(2)22(26(25)12-14(24)13-30-15-8-4-3-5-9-15)18-19(27)16-10-6-7-11-17(16)20(28)21(18)29-23/h3-12,22H,13,24-25H2,1-2H3/b14-12-. The average molecular weight is 468 g/mol. The third-order valence-corrected chi connectivity index (χ3v) is 7.44. The van der Waals surface area contributed by atoms with Gasteiger partial charge in [-0.25, -0.2) is 0 Å². The summed E-state index contributed by atoms with van der Waals surface area (Å²) in [7, 11) is 0. The van der Waals surface area contributed by atoms with E-state index in [2.05, 4.69) is 12.1 Å². The van der Waals surface area contributed by atoms with Gasteiger partial charge in [-0.05, 0) is 0 Å². The number of hydrogen-bond acceptors (Lipinski definition) is 6. The SMILES string of the molecule is CC1(C)OC2=C(C(=O)c3ccccc3C2=O)C1N(N)/C=C(\N)C[Se]c1ccccc1. The molecule has 0 spiro atoms. The Hall–Kier alpha value is -2.86. The topological polar surface area (TPSA) is 98.7 Å². The normalized spacial score (nSPS) is 20.0. The molecule has 2 aromatic carbocycles. The number of rotatable bonds is 5. The number of nitrogens with zero attached hydrogens (tertiary/aromatic N) is 1. The molecular weight excluding hydrogens is 445 g/mol. The Morgan fingerprint density at radius 2 is 1.67 bits per heavy atom. The number of nitrogens with two attached hydrogens (primary N) is 2. The second-order valence-corrected chi connectivity index (χ2v) is 10.0. The van der Waals surface area contributed by atoms with Gasteiger partial charge >= 0.3 is 182 Å². The molecule has 0 bridgehead atoms. The van der Waals surface area contributed by atoms with Gasteiger partial charge in [-0.3, -0.25) is 0 Å². The van der Waals surface area contributed by atoms with Crippen LogP contribution in [0.1, 0.15) is 34.6 Å². The molecule has 1 atom stereocenters. The zero-order valence-electron chi connectivity index (χ0n) is 16.8. The molecule has 7 heteroatoms. The molecule has 0 radical (unpaired) electrons. The van der Waals surface area contributed by atoms with E-state index >= 15 is 0 Å². The minimum atomic E-state index is -0.867. The summed E-state index contributed by atoms with van der Waals surface area (Å²) in [5, 5.41) is 2.10. The van der Waals surface area contributed by atoms with Crippen molar-refractivity contribution in [1.29, 1.82) is 0 Å². The Bertz CT molecular complexity index is 1080. The van der Waals surface area contributed by atoms with E-state index in [1.54, 1.807) is 30.5 Å². The van der Waals surface area contributed by atoms with Crippen molar-refractivity contribution >= 4 is 31.0 Å². The monoisotopic (exact) mass is 469 g/mol. The van der Waals surface area contributed by atoms with Gasteiger partial charge in [0.25, 0.3) is 0 Å². The van der Waals surface area contributed by atoms with Gasteiger partial charge < -0.3 is 0 Å². The Balaban J connectivity index is 1.61. The number of benzene rings is 2. The molecule has 0 saturated carbocycles. The van der Waals surface area contributed by atoms with Gasteiger partial charge in [-0.15, -0.1) is 0 Å². The van der Waals surface area contributed by atoms with Crippen molar-refractivity contribution in [3.8, 4) is 0 Å². The van der Waals surface area contributed by atoms with E-state index in [0.717, 1.165) is 0 Å². The van der Waals surface area contributed by atoms with Crippen LogP contribution in [0, 0.1) is 0 Å². The van der Waals surface area contributed by atoms with E-state index < -0.39 is 11.6 Å². The summed E-state index contributed by atoms with van der Waals surface area (Å²) in [6.07, 6.45) is 1.65. The van der Waals surface area contributed by atoms with Gasteiger partial charge in [0.05, 0.1) is 0 Å². The van der Waals surface area contributed by atoms with E-state index in [9.17, 15) is 9.59 Å². The van der Waals surface area contributed by atoms with Crippen molar-refractivity contribution < 1.29 is 14.3 Å². The molecule has 0 amide bonds. The number of carbonyl (C=O) groups is 2. The Morgan fingerprint density at radius 3 is 2.33 bits per heavy atom. The van der Waals surface area contributed by atoms with Crippen LogP contribution >= 0.6 is 0 Å². The Labute approximate surface area is 181 Å². The van der Waals surface area contributed by atoms with Crippen LogP contribution in [0.15, 0.2) is 77.8 Å². The quantitative estimate of drug-likeness (QED) is 0.395. The maximum atomic E-state index is 13.2. The predicted octanol–water partition coefficient (Wildman–Crippen LogP) is 1.92.